The molecule has 3 saturated carbocycles. The summed E-state index contributed by atoms with van der Waals surface area (Å²) in [6.07, 6.45) is 3.01. The molecule has 0 heterocycles. The number of esters is 1. The van der Waals surface area contributed by atoms with E-state index in [0.717, 1.165) is 0 Å². The summed E-state index contributed by atoms with van der Waals surface area (Å²) in [6.45, 7) is 4.20. The van der Waals surface area contributed by atoms with Crippen LogP contribution >= 0.6 is 0 Å². The highest BCUT2D eigenvalue weighted by Gasteiger charge is 2.75. The number of Topliss-reactive ketones (excluding diaryl/α,β-unsaturated/α-hetero) is 1. The number of allylic oxidation sites excluding steroid dienone is 4. The molecule has 0 aromatic rings. The number of aliphatic hydroxyl groups is 2. The van der Waals surface area contributed by atoms with E-state index in [1.807, 2.05) is 0 Å². The summed E-state index contributed by atoms with van der Waals surface area (Å²) in [5, 5.41) is 23.1. The summed E-state index contributed by atoms with van der Waals surface area (Å²) in [5.41, 5.74) is -5.89. The Bertz CT molecular complexity index is 1160. The predicted molar refractivity (Wildman–Crippen MR) is 125 cm³/mol. The normalized spacial score (nSPS) is 43.8. The van der Waals surface area contributed by atoms with Gasteiger partial charge in [0.05, 0.1) is 18.3 Å². The molecule has 0 unspecified atom stereocenters. The van der Waals surface area contributed by atoms with Gasteiger partial charge in [-0.3, -0.25) is 18.9 Å². The third kappa shape index (κ3) is 3.73. The predicted octanol–water partition coefficient (Wildman–Crippen LogP) is 1.72. The molecule has 3 N–H and O–H groups in total. The van der Waals surface area contributed by atoms with Gasteiger partial charge in [0.2, 0.25) is 5.78 Å². The SMILES string of the molecule is C[C@H]1C[C@H]2[C@@H]3CCC4=CC(=O)C=C[C@]4(C)[C@@]3(F)[C@@H](O)C[C@]2(C)[C@@]1(O)C(=O)COC(=O)CCS(=O)(=O)O. The summed E-state index contributed by atoms with van der Waals surface area (Å²) in [7, 11) is -4.39. The van der Waals surface area contributed by atoms with E-state index < -0.39 is 86.6 Å². The number of carbonyl (C=O) groups is 3. The topological polar surface area (TPSA) is 155 Å². The van der Waals surface area contributed by atoms with Gasteiger partial charge in [-0.25, -0.2) is 4.39 Å². The van der Waals surface area contributed by atoms with Crippen LogP contribution in [-0.2, 0) is 29.2 Å². The third-order valence-electron chi connectivity index (χ3n) is 9.58. The number of ketones is 2. The highest BCUT2D eigenvalue weighted by atomic mass is 32.2. The van der Waals surface area contributed by atoms with E-state index in [0.29, 0.717) is 24.8 Å². The van der Waals surface area contributed by atoms with Crippen molar-refractivity contribution in [2.24, 2.45) is 28.6 Å². The van der Waals surface area contributed by atoms with Gasteiger partial charge >= 0.3 is 5.97 Å². The van der Waals surface area contributed by atoms with Crippen LogP contribution in [0.3, 0.4) is 0 Å². The van der Waals surface area contributed by atoms with Gasteiger partial charge in [0.25, 0.3) is 10.1 Å². The minimum atomic E-state index is -4.39. The molecule has 0 aliphatic heterocycles. The zero-order valence-electron chi connectivity index (χ0n) is 20.6. The molecule has 4 aliphatic rings. The summed E-state index contributed by atoms with van der Waals surface area (Å²) >= 11 is 0. The fourth-order valence-electron chi connectivity index (χ4n) is 7.68. The number of rotatable bonds is 6. The molecule has 0 aromatic carbocycles. The number of alkyl halides is 1. The second-order valence-electron chi connectivity index (χ2n) is 11.3. The smallest absolute Gasteiger partial charge is 0.307 e. The number of aliphatic hydroxyl groups excluding tert-OH is 1. The Kier molecular flexibility index (Phi) is 6.43. The second-order valence-corrected chi connectivity index (χ2v) is 12.9. The number of ether oxygens (including phenoxy) is 1. The molecule has 8 atom stereocenters. The van der Waals surface area contributed by atoms with E-state index in [1.54, 1.807) is 20.8 Å². The summed E-state index contributed by atoms with van der Waals surface area (Å²) < 4.78 is 52.5. The Balaban J connectivity index is 1.61. The lowest BCUT2D eigenvalue weighted by Gasteiger charge is -2.62. The van der Waals surface area contributed by atoms with Crippen molar-refractivity contribution in [1.82, 2.24) is 0 Å². The van der Waals surface area contributed by atoms with E-state index >= 15 is 4.39 Å². The minimum absolute atomic E-state index is 0.210. The van der Waals surface area contributed by atoms with Crippen molar-refractivity contribution in [2.75, 3.05) is 12.4 Å². The summed E-state index contributed by atoms with van der Waals surface area (Å²) in [6, 6.07) is 0. The first-order chi connectivity index (χ1) is 16.5. The molecular weight excluding hydrogens is 495 g/mol. The van der Waals surface area contributed by atoms with Gasteiger partial charge in [0.15, 0.2) is 18.1 Å². The van der Waals surface area contributed by atoms with Gasteiger partial charge in [0.1, 0.15) is 5.60 Å². The third-order valence-corrected chi connectivity index (χ3v) is 10.3. The maximum absolute atomic E-state index is 17.1. The van der Waals surface area contributed by atoms with Crippen LogP contribution in [-0.4, -0.2) is 70.5 Å². The van der Waals surface area contributed by atoms with Crippen LogP contribution < -0.4 is 0 Å². The molecule has 0 spiro atoms. The van der Waals surface area contributed by atoms with E-state index in [9.17, 15) is 33.0 Å². The van der Waals surface area contributed by atoms with Gasteiger partial charge in [-0.1, -0.05) is 25.5 Å². The molecule has 36 heavy (non-hydrogen) atoms. The Labute approximate surface area is 209 Å². The standard InChI is InChI=1S/C25H33FO9S/c1-14-10-18-17-5-4-15-11-16(27)6-8-22(15,2)24(17,26)19(28)12-23(18,3)25(14,31)20(29)13-35-21(30)7-9-36(32,33)34/h6,8,11,14,17-19,28,31H,4-5,7,9-10,12-13H2,1-3H3,(H,32,33,34)/t14-,17-,18-,19-,22-,23-,24-,25-/m0/s1. The summed E-state index contributed by atoms with van der Waals surface area (Å²) in [4.78, 5) is 37.1. The molecule has 11 heteroatoms. The Morgan fingerprint density at radius 2 is 1.92 bits per heavy atom. The monoisotopic (exact) mass is 528 g/mol. The molecule has 0 aromatic heterocycles. The fraction of sp³-hybridized carbons (Fsp3) is 0.720. The van der Waals surface area contributed by atoms with Crippen LogP contribution in [0.5, 0.6) is 0 Å². The lowest BCUT2D eigenvalue weighted by atomic mass is 9.44. The van der Waals surface area contributed by atoms with Gasteiger partial charge in [0, 0.05) is 16.7 Å². The van der Waals surface area contributed by atoms with E-state index in [2.05, 4.69) is 0 Å². The highest BCUT2D eigenvalue weighted by molar-refractivity contribution is 7.85. The van der Waals surface area contributed by atoms with Crippen LogP contribution in [0.1, 0.15) is 52.9 Å². The van der Waals surface area contributed by atoms with Gasteiger partial charge in [-0.2, -0.15) is 8.42 Å². The maximum Gasteiger partial charge on any atom is 0.307 e. The first-order valence-corrected chi connectivity index (χ1v) is 13.8. The van der Waals surface area contributed by atoms with Crippen molar-refractivity contribution in [3.05, 3.63) is 23.8 Å². The molecule has 0 bridgehead atoms. The van der Waals surface area contributed by atoms with Crippen molar-refractivity contribution in [3.8, 4) is 0 Å². The zero-order chi connectivity index (χ0) is 26.9. The first kappa shape index (κ1) is 27.1. The maximum atomic E-state index is 17.1. The summed E-state index contributed by atoms with van der Waals surface area (Å²) in [5.74, 6) is -4.68. The molecule has 0 amide bonds. The zero-order valence-corrected chi connectivity index (χ0v) is 21.4. The van der Waals surface area contributed by atoms with Crippen molar-refractivity contribution >= 4 is 27.7 Å². The molecule has 200 valence electrons. The Morgan fingerprint density at radius 3 is 2.56 bits per heavy atom. The van der Waals surface area contributed by atoms with Crippen molar-refractivity contribution in [2.45, 2.75) is 70.2 Å². The van der Waals surface area contributed by atoms with Crippen LogP contribution in [0, 0.1) is 28.6 Å². The number of fused-ring (bicyclic) bond motifs is 5. The van der Waals surface area contributed by atoms with Crippen LogP contribution in [0.2, 0.25) is 0 Å². The quantitative estimate of drug-likeness (QED) is 0.345. The van der Waals surface area contributed by atoms with Crippen molar-refractivity contribution in [1.29, 1.82) is 0 Å². The van der Waals surface area contributed by atoms with Gasteiger partial charge < -0.3 is 14.9 Å². The Morgan fingerprint density at radius 1 is 1.25 bits per heavy atom. The molecular formula is C25H33FO9S. The van der Waals surface area contributed by atoms with E-state index in [1.165, 1.54) is 18.2 Å². The lowest BCUT2D eigenvalue weighted by molar-refractivity contribution is -0.220. The average Bonchev–Trinajstić information content (AvgIpc) is 2.98. The molecule has 4 rings (SSSR count). The fourth-order valence-corrected chi connectivity index (χ4v) is 8.11. The molecule has 9 nitrogen and oxygen atoms in total. The van der Waals surface area contributed by atoms with Gasteiger partial charge in [-0.15, -0.1) is 0 Å². The van der Waals surface area contributed by atoms with Crippen LogP contribution in [0.4, 0.5) is 4.39 Å². The van der Waals surface area contributed by atoms with E-state index in [-0.39, 0.29) is 12.2 Å². The highest BCUT2D eigenvalue weighted by Crippen LogP contribution is 2.70. The van der Waals surface area contributed by atoms with Crippen molar-refractivity contribution in [3.63, 3.8) is 0 Å². The lowest BCUT2D eigenvalue weighted by Crippen LogP contribution is -2.69. The molecule has 0 radical (unpaired) electrons. The van der Waals surface area contributed by atoms with Crippen molar-refractivity contribution < 1.29 is 46.7 Å². The number of carbonyl (C=O) groups excluding carboxylic acids is 3. The second kappa shape index (κ2) is 8.54. The average molecular weight is 529 g/mol. The number of halogens is 1. The van der Waals surface area contributed by atoms with Crippen LogP contribution in [0.25, 0.3) is 0 Å². The largest absolute Gasteiger partial charge is 0.458 e. The number of hydrogen-bond donors (Lipinski definition) is 3. The van der Waals surface area contributed by atoms with E-state index in [4.69, 9.17) is 9.29 Å². The first-order valence-electron chi connectivity index (χ1n) is 12.2. The minimum Gasteiger partial charge on any atom is -0.458 e. The molecule has 3 fully saturated rings. The van der Waals surface area contributed by atoms with Gasteiger partial charge in [-0.05, 0) is 56.6 Å². The molecule has 4 aliphatic carbocycles. The van der Waals surface area contributed by atoms with Crippen LogP contribution in [0.15, 0.2) is 23.8 Å². The Hall–Kier alpha value is -1.95. The number of hydrogen-bond acceptors (Lipinski definition) is 8. The molecule has 0 saturated heterocycles.